The summed E-state index contributed by atoms with van der Waals surface area (Å²) in [6, 6.07) is 2.22. The van der Waals surface area contributed by atoms with E-state index in [4.69, 9.17) is 9.47 Å². The van der Waals surface area contributed by atoms with E-state index < -0.39 is 0 Å². The van der Waals surface area contributed by atoms with Gasteiger partial charge in [0.05, 0.1) is 19.4 Å². The lowest BCUT2D eigenvalue weighted by Gasteiger charge is -2.24. The fourth-order valence-corrected chi connectivity index (χ4v) is 2.38. The van der Waals surface area contributed by atoms with Crippen molar-refractivity contribution < 1.29 is 14.3 Å². The number of nitrogens with one attached hydrogen (secondary N) is 1. The highest BCUT2D eigenvalue weighted by Crippen LogP contribution is 2.30. The Morgan fingerprint density at radius 2 is 2.11 bits per heavy atom. The van der Waals surface area contributed by atoms with Crippen molar-refractivity contribution >= 4 is 11.5 Å². The van der Waals surface area contributed by atoms with E-state index in [9.17, 15) is 4.79 Å². The second-order valence-corrected chi connectivity index (χ2v) is 4.73. The van der Waals surface area contributed by atoms with Gasteiger partial charge in [0.1, 0.15) is 11.5 Å². The molecule has 5 heteroatoms. The third-order valence-corrected chi connectivity index (χ3v) is 3.37. The van der Waals surface area contributed by atoms with Crippen LogP contribution in [0.5, 0.6) is 5.75 Å². The zero-order valence-corrected chi connectivity index (χ0v) is 11.4. The zero-order valence-electron chi connectivity index (χ0n) is 11.4. The number of hydrogen-bond donors (Lipinski definition) is 1. The van der Waals surface area contributed by atoms with Crippen molar-refractivity contribution in [1.29, 1.82) is 0 Å². The standard InChI is InChI=1S/C14H20N2O3/c1-18-9-13-14(19-2)12(7-8-15-13)16-10-3-5-11(17)6-4-10/h7-8,10H,3-6,9H2,1-2H3,(H,15,16). The van der Waals surface area contributed by atoms with E-state index >= 15 is 0 Å². The summed E-state index contributed by atoms with van der Waals surface area (Å²) in [5.74, 6) is 1.08. The summed E-state index contributed by atoms with van der Waals surface area (Å²) in [5, 5.41) is 3.45. The average molecular weight is 264 g/mol. The number of pyridine rings is 1. The van der Waals surface area contributed by atoms with Crippen LogP contribution in [0.3, 0.4) is 0 Å². The van der Waals surface area contributed by atoms with Crippen LogP contribution in [0.4, 0.5) is 5.69 Å². The molecule has 5 nitrogen and oxygen atoms in total. The molecule has 0 aromatic carbocycles. The van der Waals surface area contributed by atoms with Gasteiger partial charge < -0.3 is 14.8 Å². The van der Waals surface area contributed by atoms with E-state index in [1.165, 1.54) is 0 Å². The molecule has 0 saturated heterocycles. The first kappa shape index (κ1) is 13.8. The van der Waals surface area contributed by atoms with Crippen molar-refractivity contribution in [3.8, 4) is 5.75 Å². The Kier molecular flexibility index (Phi) is 4.74. The molecule has 0 unspecified atom stereocenters. The molecule has 0 atom stereocenters. The topological polar surface area (TPSA) is 60.5 Å². The summed E-state index contributed by atoms with van der Waals surface area (Å²) in [4.78, 5) is 15.5. The van der Waals surface area contributed by atoms with E-state index in [-0.39, 0.29) is 0 Å². The van der Waals surface area contributed by atoms with Gasteiger partial charge in [-0.2, -0.15) is 0 Å². The summed E-state index contributed by atoms with van der Waals surface area (Å²) < 4.78 is 10.5. The number of ketones is 1. The maximum atomic E-state index is 11.2. The van der Waals surface area contributed by atoms with Crippen LogP contribution in [-0.2, 0) is 16.1 Å². The number of aromatic nitrogens is 1. The molecule has 0 bridgehead atoms. The Hall–Kier alpha value is -1.62. The minimum Gasteiger partial charge on any atom is -0.493 e. The minimum absolute atomic E-state index is 0.324. The molecule has 19 heavy (non-hydrogen) atoms. The number of carbonyl (C=O) groups excluding carboxylic acids is 1. The Morgan fingerprint density at radius 3 is 2.74 bits per heavy atom. The molecule has 0 amide bonds. The summed E-state index contributed by atoms with van der Waals surface area (Å²) in [6.07, 6.45) is 4.83. The second kappa shape index (κ2) is 6.52. The highest BCUT2D eigenvalue weighted by Gasteiger charge is 2.20. The lowest BCUT2D eigenvalue weighted by molar-refractivity contribution is -0.120. The zero-order chi connectivity index (χ0) is 13.7. The molecule has 1 aliphatic carbocycles. The largest absolute Gasteiger partial charge is 0.493 e. The summed E-state index contributed by atoms with van der Waals surface area (Å²) in [7, 11) is 3.26. The van der Waals surface area contributed by atoms with Gasteiger partial charge >= 0.3 is 0 Å². The maximum absolute atomic E-state index is 11.2. The molecule has 0 aliphatic heterocycles. The molecule has 1 fully saturated rings. The van der Waals surface area contributed by atoms with Crippen LogP contribution in [-0.4, -0.2) is 31.0 Å². The predicted molar refractivity (Wildman–Crippen MR) is 72.4 cm³/mol. The van der Waals surface area contributed by atoms with Crippen molar-refractivity contribution in [3.05, 3.63) is 18.0 Å². The van der Waals surface area contributed by atoms with Gasteiger partial charge in [0, 0.05) is 32.2 Å². The van der Waals surface area contributed by atoms with Gasteiger partial charge in [-0.15, -0.1) is 0 Å². The van der Waals surface area contributed by atoms with Crippen LogP contribution < -0.4 is 10.1 Å². The van der Waals surface area contributed by atoms with Gasteiger partial charge in [-0.1, -0.05) is 0 Å². The normalized spacial score (nSPS) is 16.4. The number of Topliss-reactive ketones (excluding diaryl/α,β-unsaturated/α-hetero) is 1. The molecule has 1 aromatic rings. The first-order valence-corrected chi connectivity index (χ1v) is 6.53. The maximum Gasteiger partial charge on any atom is 0.165 e. The second-order valence-electron chi connectivity index (χ2n) is 4.73. The van der Waals surface area contributed by atoms with Crippen molar-refractivity contribution in [2.45, 2.75) is 38.3 Å². The van der Waals surface area contributed by atoms with E-state index in [0.717, 1.165) is 30.0 Å². The Balaban J connectivity index is 2.10. The molecule has 2 rings (SSSR count). The van der Waals surface area contributed by atoms with Crippen LogP contribution in [0, 0.1) is 0 Å². The van der Waals surface area contributed by atoms with E-state index in [0.29, 0.717) is 31.3 Å². The number of carbonyl (C=O) groups is 1. The van der Waals surface area contributed by atoms with Crippen molar-refractivity contribution in [2.24, 2.45) is 0 Å². The number of methoxy groups -OCH3 is 2. The van der Waals surface area contributed by atoms with Gasteiger partial charge in [-0.25, -0.2) is 0 Å². The van der Waals surface area contributed by atoms with Crippen LogP contribution in [0.2, 0.25) is 0 Å². The van der Waals surface area contributed by atoms with Crippen molar-refractivity contribution in [3.63, 3.8) is 0 Å². The highest BCUT2D eigenvalue weighted by atomic mass is 16.5. The number of nitrogens with zero attached hydrogens (tertiary/aromatic N) is 1. The Bertz CT molecular complexity index is 438. The van der Waals surface area contributed by atoms with Gasteiger partial charge in [0.15, 0.2) is 5.75 Å². The van der Waals surface area contributed by atoms with E-state index in [2.05, 4.69) is 10.3 Å². The summed E-state index contributed by atoms with van der Waals surface area (Å²) in [5.41, 5.74) is 1.70. The summed E-state index contributed by atoms with van der Waals surface area (Å²) in [6.45, 7) is 0.418. The molecule has 1 N–H and O–H groups in total. The van der Waals surface area contributed by atoms with Gasteiger partial charge in [-0.05, 0) is 18.9 Å². The molecule has 1 saturated carbocycles. The predicted octanol–water partition coefficient (Wildman–Crippen LogP) is 2.16. The molecule has 0 spiro atoms. The monoisotopic (exact) mass is 264 g/mol. The minimum atomic E-state index is 0.324. The molecule has 1 aliphatic rings. The molecular weight excluding hydrogens is 244 g/mol. The Labute approximate surface area is 113 Å². The van der Waals surface area contributed by atoms with Gasteiger partial charge in [0.2, 0.25) is 0 Å². The molecule has 1 aromatic heterocycles. The third kappa shape index (κ3) is 3.44. The van der Waals surface area contributed by atoms with E-state index in [1.54, 1.807) is 20.4 Å². The molecule has 0 radical (unpaired) electrons. The van der Waals surface area contributed by atoms with Gasteiger partial charge in [0.25, 0.3) is 0 Å². The SMILES string of the molecule is COCc1nccc(NC2CCC(=O)CC2)c1OC. The first-order valence-electron chi connectivity index (χ1n) is 6.53. The molecule has 104 valence electrons. The average Bonchev–Trinajstić information content (AvgIpc) is 2.42. The third-order valence-electron chi connectivity index (χ3n) is 3.37. The molecular formula is C14H20N2O3. The smallest absolute Gasteiger partial charge is 0.165 e. The fraction of sp³-hybridized carbons (Fsp3) is 0.571. The number of hydrogen-bond acceptors (Lipinski definition) is 5. The highest BCUT2D eigenvalue weighted by molar-refractivity contribution is 5.79. The Morgan fingerprint density at radius 1 is 1.37 bits per heavy atom. The van der Waals surface area contributed by atoms with E-state index in [1.807, 2.05) is 6.07 Å². The quantitative estimate of drug-likeness (QED) is 0.883. The van der Waals surface area contributed by atoms with Crippen LogP contribution >= 0.6 is 0 Å². The number of anilines is 1. The van der Waals surface area contributed by atoms with Crippen molar-refractivity contribution in [2.75, 3.05) is 19.5 Å². The summed E-state index contributed by atoms with van der Waals surface area (Å²) >= 11 is 0. The molecule has 1 heterocycles. The van der Waals surface area contributed by atoms with Crippen LogP contribution in [0.15, 0.2) is 12.3 Å². The number of rotatable bonds is 5. The number of ether oxygens (including phenoxy) is 2. The fourth-order valence-electron chi connectivity index (χ4n) is 2.38. The first-order chi connectivity index (χ1) is 9.24. The lowest BCUT2D eigenvalue weighted by atomic mass is 9.94. The van der Waals surface area contributed by atoms with Gasteiger partial charge in [-0.3, -0.25) is 9.78 Å². The lowest BCUT2D eigenvalue weighted by Crippen LogP contribution is -2.26. The van der Waals surface area contributed by atoms with Crippen LogP contribution in [0.25, 0.3) is 0 Å². The van der Waals surface area contributed by atoms with Crippen LogP contribution in [0.1, 0.15) is 31.4 Å². The van der Waals surface area contributed by atoms with Crippen molar-refractivity contribution in [1.82, 2.24) is 4.98 Å².